The van der Waals surface area contributed by atoms with E-state index in [2.05, 4.69) is 4.98 Å². The molecule has 0 spiro atoms. The van der Waals surface area contributed by atoms with Gasteiger partial charge in [0.25, 0.3) is 5.91 Å². The van der Waals surface area contributed by atoms with Crippen LogP contribution in [0.3, 0.4) is 0 Å². The second-order valence-corrected chi connectivity index (χ2v) is 8.27. The molecular formula is C21H23FN2O3. The lowest BCUT2D eigenvalue weighted by molar-refractivity contribution is -0.0504. The lowest BCUT2D eigenvalue weighted by Gasteiger charge is -2.43. The highest BCUT2D eigenvalue weighted by Crippen LogP contribution is 2.47. The third-order valence-corrected chi connectivity index (χ3v) is 6.41. The topological polar surface area (TPSA) is 66.6 Å². The van der Waals surface area contributed by atoms with E-state index in [-0.39, 0.29) is 23.6 Å². The Bertz CT molecular complexity index is 891. The van der Waals surface area contributed by atoms with E-state index in [1.165, 1.54) is 6.20 Å². The zero-order valence-electron chi connectivity index (χ0n) is 15.3. The fraction of sp³-hybridized carbons (Fsp3) is 0.524. The number of furan rings is 1. The Labute approximate surface area is 157 Å². The molecule has 1 aliphatic carbocycles. The summed E-state index contributed by atoms with van der Waals surface area (Å²) in [4.78, 5) is 18.8. The molecule has 6 heteroatoms. The molecule has 142 valence electrons. The molecule has 2 aromatic heterocycles. The van der Waals surface area contributed by atoms with Gasteiger partial charge in [0, 0.05) is 42.6 Å². The zero-order valence-corrected chi connectivity index (χ0v) is 15.3. The van der Waals surface area contributed by atoms with Gasteiger partial charge in [-0.25, -0.2) is 4.98 Å². The van der Waals surface area contributed by atoms with Gasteiger partial charge in [0.1, 0.15) is 11.5 Å². The second kappa shape index (κ2) is 5.89. The highest BCUT2D eigenvalue weighted by atomic mass is 19.1. The summed E-state index contributed by atoms with van der Waals surface area (Å²) in [6.45, 7) is 1.84. The molecule has 0 radical (unpaired) electrons. The van der Waals surface area contributed by atoms with Crippen LogP contribution < -0.4 is 0 Å². The summed E-state index contributed by atoms with van der Waals surface area (Å²) in [5.41, 5.74) is -0.401. The van der Waals surface area contributed by atoms with Crippen LogP contribution in [0, 0.1) is 12.9 Å². The molecule has 2 aliphatic heterocycles. The number of halogens is 1. The number of hydrogen-bond acceptors (Lipinski definition) is 4. The van der Waals surface area contributed by atoms with Crippen LogP contribution in [0.15, 0.2) is 28.8 Å². The molecule has 4 heterocycles. The van der Waals surface area contributed by atoms with Gasteiger partial charge in [-0.05, 0) is 44.7 Å². The Morgan fingerprint density at radius 1 is 1.30 bits per heavy atom. The van der Waals surface area contributed by atoms with E-state index >= 15 is 0 Å². The maximum Gasteiger partial charge on any atom is 0.257 e. The first-order valence-corrected chi connectivity index (χ1v) is 9.72. The number of carbonyl (C=O) groups is 1. The molecule has 3 fully saturated rings. The minimum Gasteiger partial charge on any atom is -0.465 e. The fourth-order valence-electron chi connectivity index (χ4n) is 4.94. The molecule has 3 aliphatic rings. The average molecular weight is 370 g/mol. The Balaban J connectivity index is 1.42. The van der Waals surface area contributed by atoms with Crippen molar-refractivity contribution in [3.63, 3.8) is 0 Å². The van der Waals surface area contributed by atoms with Crippen molar-refractivity contribution >= 4 is 5.91 Å². The highest BCUT2D eigenvalue weighted by Gasteiger charge is 2.51. The number of aromatic nitrogens is 1. The summed E-state index contributed by atoms with van der Waals surface area (Å²) in [5, 5.41) is 11.2. The van der Waals surface area contributed by atoms with E-state index in [9.17, 15) is 14.3 Å². The Morgan fingerprint density at radius 2 is 2.00 bits per heavy atom. The Hall–Kier alpha value is -2.21. The van der Waals surface area contributed by atoms with Crippen LogP contribution in [0.4, 0.5) is 4.39 Å². The number of nitrogens with zero attached hydrogens (tertiary/aromatic N) is 2. The lowest BCUT2D eigenvalue weighted by Crippen LogP contribution is -2.52. The van der Waals surface area contributed by atoms with Crippen LogP contribution in [0.1, 0.15) is 71.9 Å². The van der Waals surface area contributed by atoms with Crippen molar-refractivity contribution in [3.8, 4) is 0 Å². The van der Waals surface area contributed by atoms with Crippen molar-refractivity contribution in [1.82, 2.24) is 9.88 Å². The minimum absolute atomic E-state index is 0.0237. The highest BCUT2D eigenvalue weighted by molar-refractivity contribution is 5.96. The normalized spacial score (nSPS) is 30.0. The van der Waals surface area contributed by atoms with Crippen LogP contribution >= 0.6 is 0 Å². The molecule has 2 atom stereocenters. The van der Waals surface area contributed by atoms with Crippen molar-refractivity contribution in [3.05, 3.63) is 53.0 Å². The number of piperidine rings is 1. The zero-order chi connectivity index (χ0) is 18.8. The molecule has 2 aromatic rings. The molecule has 1 amide bonds. The molecule has 0 aromatic carbocycles. The predicted octanol–water partition coefficient (Wildman–Crippen LogP) is 3.65. The van der Waals surface area contributed by atoms with Crippen LogP contribution in [0.5, 0.6) is 0 Å². The third kappa shape index (κ3) is 2.69. The van der Waals surface area contributed by atoms with Crippen LogP contribution in [0.25, 0.3) is 0 Å². The van der Waals surface area contributed by atoms with Crippen molar-refractivity contribution in [2.45, 2.75) is 69.1 Å². The van der Waals surface area contributed by atoms with Gasteiger partial charge in [0.15, 0.2) is 0 Å². The summed E-state index contributed by atoms with van der Waals surface area (Å²) in [7, 11) is 0. The maximum atomic E-state index is 14.2. The van der Waals surface area contributed by atoms with Gasteiger partial charge in [-0.1, -0.05) is 6.07 Å². The first kappa shape index (κ1) is 16.9. The van der Waals surface area contributed by atoms with Crippen molar-refractivity contribution < 1.29 is 18.7 Å². The molecule has 5 nitrogen and oxygen atoms in total. The summed E-state index contributed by atoms with van der Waals surface area (Å²) < 4.78 is 20.0. The van der Waals surface area contributed by atoms with E-state index < -0.39 is 11.5 Å². The van der Waals surface area contributed by atoms with E-state index in [0.29, 0.717) is 30.1 Å². The molecule has 1 saturated carbocycles. The van der Waals surface area contributed by atoms with E-state index in [1.54, 1.807) is 12.1 Å². The number of aryl methyl sites for hydroxylation is 1. The SMILES string of the molecule is Cc1oc(C2CC2)cc1C(=O)N1[C@@H]2CC[C@@H]1CC(O)(c1cccnc1F)C2. The lowest BCUT2D eigenvalue weighted by atomic mass is 9.80. The molecule has 0 unspecified atom stereocenters. The smallest absolute Gasteiger partial charge is 0.257 e. The van der Waals surface area contributed by atoms with Gasteiger partial charge in [-0.3, -0.25) is 4.79 Å². The van der Waals surface area contributed by atoms with Crippen LogP contribution in [-0.4, -0.2) is 33.0 Å². The third-order valence-electron chi connectivity index (χ3n) is 6.41. The molecular weight excluding hydrogens is 347 g/mol. The number of amides is 1. The van der Waals surface area contributed by atoms with Crippen LogP contribution in [-0.2, 0) is 5.60 Å². The van der Waals surface area contributed by atoms with Crippen LogP contribution in [0.2, 0.25) is 0 Å². The summed E-state index contributed by atoms with van der Waals surface area (Å²) in [5.74, 6) is 1.39. The maximum absolute atomic E-state index is 14.2. The second-order valence-electron chi connectivity index (χ2n) is 8.27. The fourth-order valence-corrected chi connectivity index (χ4v) is 4.94. The monoisotopic (exact) mass is 370 g/mol. The van der Waals surface area contributed by atoms with E-state index in [4.69, 9.17) is 4.42 Å². The number of rotatable bonds is 3. The molecule has 2 bridgehead atoms. The molecule has 5 rings (SSSR count). The molecule has 27 heavy (non-hydrogen) atoms. The van der Waals surface area contributed by atoms with Gasteiger partial charge < -0.3 is 14.4 Å². The van der Waals surface area contributed by atoms with Gasteiger partial charge >= 0.3 is 0 Å². The van der Waals surface area contributed by atoms with Gasteiger partial charge in [0.2, 0.25) is 5.95 Å². The summed E-state index contributed by atoms with van der Waals surface area (Å²) in [6.07, 6.45) is 5.96. The molecule has 1 N–H and O–H groups in total. The molecule has 2 saturated heterocycles. The first-order valence-electron chi connectivity index (χ1n) is 9.72. The Kier molecular flexibility index (Phi) is 3.69. The Morgan fingerprint density at radius 3 is 2.63 bits per heavy atom. The minimum atomic E-state index is -1.27. The number of hydrogen-bond donors (Lipinski definition) is 1. The van der Waals surface area contributed by atoms with Gasteiger partial charge in [-0.2, -0.15) is 4.39 Å². The number of pyridine rings is 1. The number of carbonyl (C=O) groups excluding carboxylic acids is 1. The van der Waals surface area contributed by atoms with E-state index in [1.807, 2.05) is 17.9 Å². The predicted molar refractivity (Wildman–Crippen MR) is 95.7 cm³/mol. The van der Waals surface area contributed by atoms with E-state index in [0.717, 1.165) is 31.4 Å². The van der Waals surface area contributed by atoms with Crippen molar-refractivity contribution in [2.75, 3.05) is 0 Å². The first-order chi connectivity index (χ1) is 13.0. The van der Waals surface area contributed by atoms with Gasteiger partial charge in [0.05, 0.1) is 11.2 Å². The summed E-state index contributed by atoms with van der Waals surface area (Å²) >= 11 is 0. The summed E-state index contributed by atoms with van der Waals surface area (Å²) in [6, 6.07) is 4.95. The standard InChI is InChI=1S/C21H23FN2O3/c1-12-16(9-18(27-12)13-4-5-13)20(25)24-14-6-7-15(24)11-21(26,10-14)17-3-2-8-23-19(17)22/h2-3,8-9,13-15,26H,4-7,10-11H2,1H3/t14-,15-/m1/s1. The number of fused-ring (bicyclic) bond motifs is 2. The average Bonchev–Trinajstić information content (AvgIpc) is 3.35. The number of aliphatic hydroxyl groups is 1. The quantitative estimate of drug-likeness (QED) is 0.838. The van der Waals surface area contributed by atoms with Crippen molar-refractivity contribution in [1.29, 1.82) is 0 Å². The van der Waals surface area contributed by atoms with Gasteiger partial charge in [-0.15, -0.1) is 0 Å². The largest absolute Gasteiger partial charge is 0.465 e. The van der Waals surface area contributed by atoms with Crippen molar-refractivity contribution in [2.24, 2.45) is 0 Å².